The Hall–Kier alpha value is -2.46. The van der Waals surface area contributed by atoms with Crippen molar-refractivity contribution in [2.24, 2.45) is 0 Å². The Balaban J connectivity index is 1.82. The van der Waals surface area contributed by atoms with Gasteiger partial charge in [0.25, 0.3) is 0 Å². The van der Waals surface area contributed by atoms with E-state index in [4.69, 9.17) is 17.3 Å². The number of amides is 1. The summed E-state index contributed by atoms with van der Waals surface area (Å²) in [7, 11) is 0. The molecule has 3 aromatic heterocycles. The van der Waals surface area contributed by atoms with Crippen LogP contribution in [0.25, 0.3) is 11.2 Å². The van der Waals surface area contributed by atoms with Crippen LogP contribution < -0.4 is 11.1 Å². The van der Waals surface area contributed by atoms with Crippen molar-refractivity contribution in [1.29, 1.82) is 0 Å². The van der Waals surface area contributed by atoms with E-state index >= 15 is 0 Å². The number of halogens is 1. The van der Waals surface area contributed by atoms with Gasteiger partial charge in [0.15, 0.2) is 5.65 Å². The van der Waals surface area contributed by atoms with Gasteiger partial charge in [0.05, 0.1) is 28.5 Å². The smallest absolute Gasteiger partial charge is 0.242 e. The standard InChI is InChI=1S/C13H13ClN8OS/c1-13(2,10(23)22-12-16-3-6(14)4-17-12)24-9-7-8(19-5-18-7)20-11(15)21-9/h3-5H,1-2H3,(H,16,17,22,23)(H3,15,18,19,20,21). The quantitative estimate of drug-likeness (QED) is 0.471. The molecule has 0 aliphatic heterocycles. The second kappa shape index (κ2) is 6.21. The molecule has 0 radical (unpaired) electrons. The highest BCUT2D eigenvalue weighted by molar-refractivity contribution is 8.01. The minimum Gasteiger partial charge on any atom is -0.368 e. The van der Waals surface area contributed by atoms with Crippen LogP contribution in [0, 0.1) is 0 Å². The molecule has 0 unspecified atom stereocenters. The first-order chi connectivity index (χ1) is 11.3. The van der Waals surface area contributed by atoms with E-state index in [0.29, 0.717) is 21.2 Å². The van der Waals surface area contributed by atoms with Crippen LogP contribution in [-0.4, -0.2) is 40.6 Å². The van der Waals surface area contributed by atoms with Gasteiger partial charge < -0.3 is 10.7 Å². The summed E-state index contributed by atoms with van der Waals surface area (Å²) in [4.78, 5) is 35.7. The lowest BCUT2D eigenvalue weighted by Crippen LogP contribution is -2.34. The van der Waals surface area contributed by atoms with E-state index in [-0.39, 0.29) is 17.8 Å². The molecule has 0 bridgehead atoms. The van der Waals surface area contributed by atoms with Crippen molar-refractivity contribution >= 4 is 52.3 Å². The number of rotatable bonds is 4. The largest absolute Gasteiger partial charge is 0.368 e. The first kappa shape index (κ1) is 16.4. The van der Waals surface area contributed by atoms with Gasteiger partial charge in [-0.3, -0.25) is 10.1 Å². The van der Waals surface area contributed by atoms with E-state index in [9.17, 15) is 4.79 Å². The molecule has 3 aromatic rings. The van der Waals surface area contributed by atoms with Gasteiger partial charge in [0.2, 0.25) is 17.8 Å². The molecular formula is C13H13ClN8OS. The molecule has 124 valence electrons. The SMILES string of the molecule is CC(C)(Sc1nc(N)nc2nc[nH]c12)C(=O)Nc1ncc(Cl)cn1. The van der Waals surface area contributed by atoms with Crippen LogP contribution in [0.4, 0.5) is 11.9 Å². The predicted molar refractivity (Wildman–Crippen MR) is 91.7 cm³/mol. The molecule has 0 spiro atoms. The number of carbonyl (C=O) groups excluding carboxylic acids is 1. The summed E-state index contributed by atoms with van der Waals surface area (Å²) in [5, 5.41) is 3.57. The monoisotopic (exact) mass is 364 g/mol. The number of nitrogens with zero attached hydrogens (tertiary/aromatic N) is 5. The second-order valence-electron chi connectivity index (χ2n) is 5.28. The molecule has 0 aromatic carbocycles. The average molecular weight is 365 g/mol. The van der Waals surface area contributed by atoms with Crippen LogP contribution >= 0.6 is 23.4 Å². The number of anilines is 2. The second-order valence-corrected chi connectivity index (χ2v) is 7.33. The van der Waals surface area contributed by atoms with Gasteiger partial charge in [-0.1, -0.05) is 23.4 Å². The van der Waals surface area contributed by atoms with Gasteiger partial charge in [-0.05, 0) is 13.8 Å². The van der Waals surface area contributed by atoms with Crippen molar-refractivity contribution in [3.63, 3.8) is 0 Å². The number of imidazole rings is 1. The number of hydrogen-bond acceptors (Lipinski definition) is 8. The highest BCUT2D eigenvalue weighted by Crippen LogP contribution is 2.35. The van der Waals surface area contributed by atoms with Gasteiger partial charge >= 0.3 is 0 Å². The maximum atomic E-state index is 12.5. The molecule has 0 aliphatic carbocycles. The Morgan fingerprint density at radius 1 is 1.29 bits per heavy atom. The van der Waals surface area contributed by atoms with Crippen LogP contribution in [0.2, 0.25) is 5.02 Å². The number of nitrogens with one attached hydrogen (secondary N) is 2. The van der Waals surface area contributed by atoms with Crippen molar-refractivity contribution in [1.82, 2.24) is 29.9 Å². The fourth-order valence-electron chi connectivity index (χ4n) is 1.81. The summed E-state index contributed by atoms with van der Waals surface area (Å²) in [6, 6.07) is 0. The van der Waals surface area contributed by atoms with E-state index < -0.39 is 4.75 Å². The molecule has 0 aliphatic rings. The molecule has 0 fully saturated rings. The lowest BCUT2D eigenvalue weighted by molar-refractivity contribution is -0.117. The zero-order valence-corrected chi connectivity index (χ0v) is 14.3. The molecule has 11 heteroatoms. The number of H-pyrrole nitrogens is 1. The average Bonchev–Trinajstić information content (AvgIpc) is 2.97. The van der Waals surface area contributed by atoms with Gasteiger partial charge in [-0.25, -0.2) is 19.9 Å². The molecule has 3 heterocycles. The molecule has 1 amide bonds. The molecule has 3 rings (SSSR count). The van der Waals surface area contributed by atoms with Crippen LogP contribution in [0.5, 0.6) is 0 Å². The third-order valence-corrected chi connectivity index (χ3v) is 4.39. The number of nitrogens with two attached hydrogens (primary N) is 1. The Morgan fingerprint density at radius 2 is 2.00 bits per heavy atom. The Bertz CT molecular complexity index is 895. The van der Waals surface area contributed by atoms with Crippen molar-refractivity contribution in [3.8, 4) is 0 Å². The van der Waals surface area contributed by atoms with E-state index in [1.807, 2.05) is 0 Å². The Labute approximate surface area is 145 Å². The van der Waals surface area contributed by atoms with Gasteiger partial charge in [0, 0.05) is 0 Å². The normalized spacial score (nSPS) is 11.6. The molecule has 0 saturated heterocycles. The van der Waals surface area contributed by atoms with Crippen molar-refractivity contribution in [3.05, 3.63) is 23.7 Å². The first-order valence-electron chi connectivity index (χ1n) is 6.80. The number of aromatic nitrogens is 6. The van der Waals surface area contributed by atoms with Crippen molar-refractivity contribution in [2.75, 3.05) is 11.1 Å². The third-order valence-electron chi connectivity index (χ3n) is 3.01. The molecule has 0 saturated carbocycles. The third kappa shape index (κ3) is 3.39. The van der Waals surface area contributed by atoms with Gasteiger partial charge in [-0.2, -0.15) is 4.98 Å². The summed E-state index contributed by atoms with van der Waals surface area (Å²) < 4.78 is -0.873. The zero-order valence-electron chi connectivity index (χ0n) is 12.7. The highest BCUT2D eigenvalue weighted by atomic mass is 35.5. The Kier molecular flexibility index (Phi) is 4.24. The summed E-state index contributed by atoms with van der Waals surface area (Å²) in [6.45, 7) is 3.51. The maximum absolute atomic E-state index is 12.5. The molecule has 0 atom stereocenters. The van der Waals surface area contributed by atoms with Gasteiger partial charge in [0.1, 0.15) is 10.5 Å². The van der Waals surface area contributed by atoms with Crippen LogP contribution in [-0.2, 0) is 4.79 Å². The van der Waals surface area contributed by atoms with Crippen LogP contribution in [0.1, 0.15) is 13.8 Å². The Morgan fingerprint density at radius 3 is 2.71 bits per heavy atom. The van der Waals surface area contributed by atoms with Crippen molar-refractivity contribution < 1.29 is 4.79 Å². The number of carbonyl (C=O) groups is 1. The topological polar surface area (TPSA) is 135 Å². The number of aromatic amines is 1. The molecule has 24 heavy (non-hydrogen) atoms. The minimum atomic E-state index is -0.873. The number of hydrogen-bond donors (Lipinski definition) is 3. The van der Waals surface area contributed by atoms with Crippen molar-refractivity contribution in [2.45, 2.75) is 23.6 Å². The summed E-state index contributed by atoms with van der Waals surface area (Å²) in [6.07, 6.45) is 4.31. The summed E-state index contributed by atoms with van der Waals surface area (Å²) in [5.74, 6) is -0.0269. The zero-order chi connectivity index (χ0) is 17.3. The maximum Gasteiger partial charge on any atom is 0.242 e. The highest BCUT2D eigenvalue weighted by Gasteiger charge is 2.31. The van der Waals surface area contributed by atoms with Crippen LogP contribution in [0.3, 0.4) is 0 Å². The van der Waals surface area contributed by atoms with E-state index in [1.54, 1.807) is 13.8 Å². The van der Waals surface area contributed by atoms with Crippen LogP contribution in [0.15, 0.2) is 23.7 Å². The minimum absolute atomic E-state index is 0.0920. The number of nitrogen functional groups attached to an aromatic ring is 1. The molecular weight excluding hydrogens is 352 g/mol. The lowest BCUT2D eigenvalue weighted by atomic mass is 10.2. The first-order valence-corrected chi connectivity index (χ1v) is 7.99. The fourth-order valence-corrected chi connectivity index (χ4v) is 2.93. The predicted octanol–water partition coefficient (Wildman–Crippen LogP) is 1.89. The van der Waals surface area contributed by atoms with Gasteiger partial charge in [-0.15, -0.1) is 0 Å². The molecule has 9 nitrogen and oxygen atoms in total. The van der Waals surface area contributed by atoms with E-state index in [2.05, 4.69) is 35.2 Å². The summed E-state index contributed by atoms with van der Waals surface area (Å²) >= 11 is 6.96. The number of thioether (sulfide) groups is 1. The molecule has 4 N–H and O–H groups in total. The van der Waals surface area contributed by atoms with E-state index in [0.717, 1.165) is 0 Å². The fraction of sp³-hybridized carbons (Fsp3) is 0.231. The summed E-state index contributed by atoms with van der Waals surface area (Å²) in [5.41, 5.74) is 6.76. The number of fused-ring (bicyclic) bond motifs is 1. The lowest BCUT2D eigenvalue weighted by Gasteiger charge is -2.22. The van der Waals surface area contributed by atoms with E-state index in [1.165, 1.54) is 30.5 Å².